The van der Waals surface area contributed by atoms with Crippen LogP contribution in [0.3, 0.4) is 0 Å². The van der Waals surface area contributed by atoms with Gasteiger partial charge in [0, 0.05) is 13.1 Å². The summed E-state index contributed by atoms with van der Waals surface area (Å²) in [6, 6.07) is 6.96. The topological polar surface area (TPSA) is 50.4 Å². The predicted molar refractivity (Wildman–Crippen MR) is 71.0 cm³/mol. The number of benzene rings is 1. The second kappa shape index (κ2) is 6.18. The number of halogens is 1. The van der Waals surface area contributed by atoms with Gasteiger partial charge in [-0.3, -0.25) is 4.79 Å². The molecule has 0 spiro atoms. The summed E-state index contributed by atoms with van der Waals surface area (Å²) in [5, 5.41) is 6.62. The van der Waals surface area contributed by atoms with Crippen molar-refractivity contribution < 1.29 is 9.53 Å². The molecule has 2 rings (SSSR count). The van der Waals surface area contributed by atoms with Gasteiger partial charge in [-0.1, -0.05) is 23.7 Å². The third-order valence-electron chi connectivity index (χ3n) is 2.99. The molecular formula is C13H17ClN2O2. The SMILES string of the molecule is CC(NC(=O)c1ccccc1Cl)C1CNCCO1. The standard InChI is InChI=1S/C13H17ClN2O2/c1-9(12-8-15-6-7-18-12)16-13(17)10-4-2-3-5-11(10)14/h2-5,9,12,15H,6-8H2,1H3,(H,16,17). The molecule has 1 aliphatic rings. The average molecular weight is 269 g/mol. The number of amides is 1. The van der Waals surface area contributed by atoms with E-state index in [0.29, 0.717) is 17.2 Å². The lowest BCUT2D eigenvalue weighted by Gasteiger charge is -2.29. The zero-order valence-corrected chi connectivity index (χ0v) is 11.0. The predicted octanol–water partition coefficient (Wildman–Crippen LogP) is 1.45. The fourth-order valence-electron chi connectivity index (χ4n) is 1.93. The molecule has 1 heterocycles. The summed E-state index contributed by atoms with van der Waals surface area (Å²) in [5.41, 5.74) is 0.495. The van der Waals surface area contributed by atoms with E-state index in [1.165, 1.54) is 0 Å². The maximum atomic E-state index is 12.0. The molecule has 1 amide bonds. The van der Waals surface area contributed by atoms with Crippen LogP contribution in [0, 0.1) is 0 Å². The minimum absolute atomic E-state index is 0.00480. The highest BCUT2D eigenvalue weighted by atomic mass is 35.5. The summed E-state index contributed by atoms with van der Waals surface area (Å²) in [6.07, 6.45) is 0.00480. The molecule has 4 nitrogen and oxygen atoms in total. The summed E-state index contributed by atoms with van der Waals surface area (Å²) >= 11 is 5.98. The summed E-state index contributed by atoms with van der Waals surface area (Å²) in [6.45, 7) is 4.23. The van der Waals surface area contributed by atoms with Gasteiger partial charge in [0.15, 0.2) is 0 Å². The lowest BCUT2D eigenvalue weighted by atomic mass is 10.1. The van der Waals surface area contributed by atoms with Crippen LogP contribution >= 0.6 is 11.6 Å². The minimum Gasteiger partial charge on any atom is -0.373 e. The number of hydrogen-bond donors (Lipinski definition) is 2. The Kier molecular flexibility index (Phi) is 4.58. The number of rotatable bonds is 3. The Morgan fingerprint density at radius 3 is 3.00 bits per heavy atom. The van der Waals surface area contributed by atoms with Crippen molar-refractivity contribution in [1.29, 1.82) is 0 Å². The fraction of sp³-hybridized carbons (Fsp3) is 0.462. The van der Waals surface area contributed by atoms with Crippen LogP contribution in [-0.2, 0) is 4.74 Å². The molecule has 0 radical (unpaired) electrons. The Bertz CT molecular complexity index is 419. The molecule has 1 fully saturated rings. The van der Waals surface area contributed by atoms with E-state index in [0.717, 1.165) is 13.1 Å². The monoisotopic (exact) mass is 268 g/mol. The van der Waals surface area contributed by atoms with Crippen molar-refractivity contribution in [2.24, 2.45) is 0 Å². The first-order valence-corrected chi connectivity index (χ1v) is 6.44. The van der Waals surface area contributed by atoms with E-state index in [-0.39, 0.29) is 18.1 Å². The van der Waals surface area contributed by atoms with Gasteiger partial charge < -0.3 is 15.4 Å². The van der Waals surface area contributed by atoms with Gasteiger partial charge in [-0.05, 0) is 19.1 Å². The number of ether oxygens (including phenoxy) is 1. The first-order valence-electron chi connectivity index (χ1n) is 6.06. The number of carbonyl (C=O) groups excluding carboxylic acids is 1. The summed E-state index contributed by atoms with van der Waals surface area (Å²) in [5.74, 6) is -0.165. The van der Waals surface area contributed by atoms with E-state index >= 15 is 0 Å². The molecule has 1 aromatic rings. The Balaban J connectivity index is 1.96. The second-order valence-corrected chi connectivity index (χ2v) is 4.76. The second-order valence-electron chi connectivity index (χ2n) is 4.36. The molecule has 1 aliphatic heterocycles. The first kappa shape index (κ1) is 13.3. The Labute approximate surface area is 112 Å². The van der Waals surface area contributed by atoms with Crippen LogP contribution in [-0.4, -0.2) is 37.7 Å². The molecular weight excluding hydrogens is 252 g/mol. The highest BCUT2D eigenvalue weighted by molar-refractivity contribution is 6.33. The average Bonchev–Trinajstić information content (AvgIpc) is 2.40. The lowest BCUT2D eigenvalue weighted by Crippen LogP contribution is -2.50. The van der Waals surface area contributed by atoms with E-state index in [1.807, 2.05) is 6.92 Å². The molecule has 1 saturated heterocycles. The largest absolute Gasteiger partial charge is 0.373 e. The summed E-state index contributed by atoms with van der Waals surface area (Å²) in [4.78, 5) is 12.0. The Hall–Kier alpha value is -1.10. The van der Waals surface area contributed by atoms with Gasteiger partial charge in [-0.2, -0.15) is 0 Å². The van der Waals surface area contributed by atoms with Crippen molar-refractivity contribution in [3.8, 4) is 0 Å². The van der Waals surface area contributed by atoms with Gasteiger partial charge in [0.05, 0.1) is 29.3 Å². The van der Waals surface area contributed by atoms with Gasteiger partial charge in [0.25, 0.3) is 5.91 Å². The van der Waals surface area contributed by atoms with Crippen LogP contribution < -0.4 is 10.6 Å². The van der Waals surface area contributed by atoms with E-state index in [1.54, 1.807) is 24.3 Å². The smallest absolute Gasteiger partial charge is 0.253 e. The molecule has 98 valence electrons. The van der Waals surface area contributed by atoms with E-state index in [4.69, 9.17) is 16.3 Å². The van der Waals surface area contributed by atoms with Crippen molar-refractivity contribution in [1.82, 2.24) is 10.6 Å². The molecule has 0 bridgehead atoms. The minimum atomic E-state index is -0.165. The third-order valence-corrected chi connectivity index (χ3v) is 3.32. The maximum absolute atomic E-state index is 12.0. The van der Waals surface area contributed by atoms with Crippen LogP contribution in [0.25, 0.3) is 0 Å². The number of hydrogen-bond acceptors (Lipinski definition) is 3. The first-order chi connectivity index (χ1) is 8.68. The zero-order valence-electron chi connectivity index (χ0n) is 10.3. The van der Waals surface area contributed by atoms with Crippen LogP contribution in [0.1, 0.15) is 17.3 Å². The van der Waals surface area contributed by atoms with E-state index in [9.17, 15) is 4.79 Å². The molecule has 1 aromatic carbocycles. The molecule has 2 N–H and O–H groups in total. The highest BCUT2D eigenvalue weighted by Gasteiger charge is 2.22. The molecule has 0 saturated carbocycles. The molecule has 5 heteroatoms. The highest BCUT2D eigenvalue weighted by Crippen LogP contribution is 2.15. The molecule has 18 heavy (non-hydrogen) atoms. The van der Waals surface area contributed by atoms with Gasteiger partial charge in [-0.15, -0.1) is 0 Å². The Morgan fingerprint density at radius 2 is 2.33 bits per heavy atom. The van der Waals surface area contributed by atoms with Crippen LogP contribution in [0.15, 0.2) is 24.3 Å². The summed E-state index contributed by atoms with van der Waals surface area (Å²) in [7, 11) is 0. The van der Waals surface area contributed by atoms with Crippen LogP contribution in [0.4, 0.5) is 0 Å². The normalized spacial score (nSPS) is 21.3. The lowest BCUT2D eigenvalue weighted by molar-refractivity contribution is 0.00860. The van der Waals surface area contributed by atoms with E-state index in [2.05, 4.69) is 10.6 Å². The molecule has 2 unspecified atom stereocenters. The molecule has 2 atom stereocenters. The van der Waals surface area contributed by atoms with E-state index < -0.39 is 0 Å². The van der Waals surface area contributed by atoms with Crippen molar-refractivity contribution in [3.05, 3.63) is 34.9 Å². The van der Waals surface area contributed by atoms with Gasteiger partial charge in [0.2, 0.25) is 0 Å². The van der Waals surface area contributed by atoms with Crippen molar-refractivity contribution in [2.75, 3.05) is 19.7 Å². The molecule has 0 aliphatic carbocycles. The zero-order chi connectivity index (χ0) is 13.0. The fourth-order valence-corrected chi connectivity index (χ4v) is 2.15. The van der Waals surface area contributed by atoms with Gasteiger partial charge >= 0.3 is 0 Å². The number of carbonyl (C=O) groups is 1. The number of morpholine rings is 1. The van der Waals surface area contributed by atoms with Gasteiger partial charge in [0.1, 0.15) is 0 Å². The maximum Gasteiger partial charge on any atom is 0.253 e. The van der Waals surface area contributed by atoms with Crippen LogP contribution in [0.5, 0.6) is 0 Å². The molecule has 0 aromatic heterocycles. The van der Waals surface area contributed by atoms with Gasteiger partial charge in [-0.25, -0.2) is 0 Å². The van der Waals surface area contributed by atoms with Crippen molar-refractivity contribution >= 4 is 17.5 Å². The Morgan fingerprint density at radius 1 is 1.56 bits per heavy atom. The van der Waals surface area contributed by atoms with Crippen LogP contribution in [0.2, 0.25) is 5.02 Å². The quantitative estimate of drug-likeness (QED) is 0.872. The third kappa shape index (κ3) is 3.22. The van der Waals surface area contributed by atoms with Crippen molar-refractivity contribution in [2.45, 2.75) is 19.1 Å². The summed E-state index contributed by atoms with van der Waals surface area (Å²) < 4.78 is 5.60. The van der Waals surface area contributed by atoms with Crippen molar-refractivity contribution in [3.63, 3.8) is 0 Å². The number of nitrogens with one attached hydrogen (secondary N) is 2.